The van der Waals surface area contributed by atoms with Gasteiger partial charge in [0.25, 0.3) is 0 Å². The number of amides is 1. The van der Waals surface area contributed by atoms with Crippen molar-refractivity contribution in [1.29, 1.82) is 0 Å². The van der Waals surface area contributed by atoms with Crippen LogP contribution in [0.1, 0.15) is 11.5 Å². The Kier molecular flexibility index (Phi) is 5.66. The van der Waals surface area contributed by atoms with Gasteiger partial charge in [-0.2, -0.15) is 0 Å². The van der Waals surface area contributed by atoms with Crippen LogP contribution in [-0.4, -0.2) is 74.7 Å². The van der Waals surface area contributed by atoms with E-state index in [0.29, 0.717) is 18.0 Å². The van der Waals surface area contributed by atoms with Gasteiger partial charge in [-0.05, 0) is 20.2 Å². The molecule has 0 aromatic heterocycles. The lowest BCUT2D eigenvalue weighted by Gasteiger charge is -2.20. The fraction of sp³-hybridized carbons (Fsp3) is 0.529. The number of carboxylic acids is 1. The molecule has 0 bridgehead atoms. The molecule has 2 unspecified atom stereocenters. The second kappa shape index (κ2) is 7.53. The van der Waals surface area contributed by atoms with Gasteiger partial charge in [0.15, 0.2) is 11.5 Å². The van der Waals surface area contributed by atoms with Gasteiger partial charge in [-0.25, -0.2) is 0 Å². The molecule has 1 aromatic rings. The van der Waals surface area contributed by atoms with Gasteiger partial charge in [0.05, 0.1) is 26.7 Å². The zero-order valence-corrected chi connectivity index (χ0v) is 14.5. The van der Waals surface area contributed by atoms with Crippen molar-refractivity contribution >= 4 is 11.9 Å². The zero-order chi connectivity index (χ0) is 17.9. The van der Waals surface area contributed by atoms with Gasteiger partial charge in [-0.1, -0.05) is 12.1 Å². The zero-order valence-electron chi connectivity index (χ0n) is 14.5. The van der Waals surface area contributed by atoms with Crippen LogP contribution >= 0.6 is 0 Å². The van der Waals surface area contributed by atoms with Crippen LogP contribution in [0.2, 0.25) is 0 Å². The molecule has 1 heterocycles. The number of methoxy groups -OCH3 is 2. The molecular weight excluding hydrogens is 312 g/mol. The van der Waals surface area contributed by atoms with Gasteiger partial charge < -0.3 is 24.4 Å². The summed E-state index contributed by atoms with van der Waals surface area (Å²) in [6.45, 7) is 0.814. The number of para-hydroxylation sites is 1. The molecular formula is C17H24N2O5. The third-order valence-electron chi connectivity index (χ3n) is 4.27. The first kappa shape index (κ1) is 18.1. The normalized spacial score (nSPS) is 20.3. The number of rotatable bonds is 6. The van der Waals surface area contributed by atoms with Crippen LogP contribution in [0.3, 0.4) is 0 Å². The molecule has 0 aliphatic carbocycles. The Morgan fingerprint density at radius 2 is 1.96 bits per heavy atom. The number of likely N-dealkylation sites (tertiary alicyclic amines) is 1. The molecule has 1 aliphatic heterocycles. The fourth-order valence-electron chi connectivity index (χ4n) is 3.15. The van der Waals surface area contributed by atoms with Crippen LogP contribution in [0, 0.1) is 5.92 Å². The van der Waals surface area contributed by atoms with E-state index in [1.54, 1.807) is 21.9 Å². The molecule has 0 saturated carbocycles. The van der Waals surface area contributed by atoms with Gasteiger partial charge >= 0.3 is 5.97 Å². The van der Waals surface area contributed by atoms with Crippen molar-refractivity contribution in [3.63, 3.8) is 0 Å². The molecule has 1 amide bonds. The minimum absolute atomic E-state index is 0.0735. The van der Waals surface area contributed by atoms with Crippen LogP contribution in [0.15, 0.2) is 18.2 Å². The molecule has 0 spiro atoms. The molecule has 0 radical (unpaired) electrons. The number of carbonyl (C=O) groups excluding carboxylic acids is 1. The van der Waals surface area contributed by atoms with E-state index in [1.807, 2.05) is 20.2 Å². The summed E-state index contributed by atoms with van der Waals surface area (Å²) >= 11 is 0. The standard InChI is InChI=1S/C17H24N2O5/c1-18(2)10-15(20)19-8-12(13(9-19)17(21)22)11-6-5-7-14(23-3)16(11)24-4/h5-7,12-13H,8-10H2,1-4H3,(H,21,22). The lowest BCUT2D eigenvalue weighted by Crippen LogP contribution is -2.36. The Bertz CT molecular complexity index is 617. The van der Waals surface area contributed by atoms with E-state index in [1.165, 1.54) is 14.2 Å². The summed E-state index contributed by atoms with van der Waals surface area (Å²) in [6, 6.07) is 5.41. The molecule has 7 heteroatoms. The third-order valence-corrected chi connectivity index (χ3v) is 4.27. The smallest absolute Gasteiger partial charge is 0.308 e. The molecule has 132 valence electrons. The quantitative estimate of drug-likeness (QED) is 0.831. The first-order chi connectivity index (χ1) is 11.4. The minimum Gasteiger partial charge on any atom is -0.493 e. The molecule has 1 aliphatic rings. The number of carbonyl (C=O) groups is 2. The monoisotopic (exact) mass is 336 g/mol. The number of hydrogen-bond donors (Lipinski definition) is 1. The Balaban J connectivity index is 2.34. The average Bonchev–Trinajstić information content (AvgIpc) is 2.98. The van der Waals surface area contributed by atoms with Crippen molar-refractivity contribution in [2.24, 2.45) is 5.92 Å². The van der Waals surface area contributed by atoms with Crippen molar-refractivity contribution in [2.45, 2.75) is 5.92 Å². The highest BCUT2D eigenvalue weighted by Gasteiger charge is 2.42. The predicted octanol–water partition coefficient (Wildman–Crippen LogP) is 0.892. The molecule has 2 atom stereocenters. The lowest BCUT2D eigenvalue weighted by atomic mass is 9.88. The maximum atomic E-state index is 12.3. The number of benzene rings is 1. The van der Waals surface area contributed by atoms with Gasteiger partial charge in [0.2, 0.25) is 5.91 Å². The SMILES string of the molecule is COc1cccc(C2CN(C(=O)CN(C)C)CC2C(=O)O)c1OC. The molecule has 2 rings (SSSR count). The van der Waals surface area contributed by atoms with Crippen molar-refractivity contribution in [3.05, 3.63) is 23.8 Å². The van der Waals surface area contributed by atoms with Crippen molar-refractivity contribution in [1.82, 2.24) is 9.80 Å². The fourth-order valence-corrected chi connectivity index (χ4v) is 3.15. The van der Waals surface area contributed by atoms with Crippen LogP contribution in [-0.2, 0) is 9.59 Å². The summed E-state index contributed by atoms with van der Waals surface area (Å²) in [6.07, 6.45) is 0. The minimum atomic E-state index is -0.912. The van der Waals surface area contributed by atoms with Crippen LogP contribution in [0.25, 0.3) is 0 Å². The second-order valence-electron chi connectivity index (χ2n) is 6.17. The first-order valence-electron chi connectivity index (χ1n) is 7.75. The van der Waals surface area contributed by atoms with E-state index in [9.17, 15) is 14.7 Å². The second-order valence-corrected chi connectivity index (χ2v) is 6.17. The average molecular weight is 336 g/mol. The molecule has 1 N–H and O–H groups in total. The maximum Gasteiger partial charge on any atom is 0.308 e. The molecule has 1 fully saturated rings. The van der Waals surface area contributed by atoms with Gasteiger partial charge in [0.1, 0.15) is 0 Å². The Labute approximate surface area is 141 Å². The van der Waals surface area contributed by atoms with E-state index < -0.39 is 11.9 Å². The largest absolute Gasteiger partial charge is 0.493 e. The lowest BCUT2D eigenvalue weighted by molar-refractivity contribution is -0.141. The summed E-state index contributed by atoms with van der Waals surface area (Å²) in [5.74, 6) is -0.910. The summed E-state index contributed by atoms with van der Waals surface area (Å²) in [5, 5.41) is 9.60. The Hall–Kier alpha value is -2.28. The van der Waals surface area contributed by atoms with E-state index in [-0.39, 0.29) is 24.9 Å². The van der Waals surface area contributed by atoms with E-state index in [0.717, 1.165) is 5.56 Å². The van der Waals surface area contributed by atoms with Crippen molar-refractivity contribution in [3.8, 4) is 11.5 Å². The summed E-state index contributed by atoms with van der Waals surface area (Å²) in [5.41, 5.74) is 0.754. The number of hydrogen-bond acceptors (Lipinski definition) is 5. The molecule has 24 heavy (non-hydrogen) atoms. The summed E-state index contributed by atoms with van der Waals surface area (Å²) < 4.78 is 10.7. The van der Waals surface area contributed by atoms with Crippen LogP contribution < -0.4 is 9.47 Å². The van der Waals surface area contributed by atoms with E-state index in [2.05, 4.69) is 0 Å². The third kappa shape index (κ3) is 3.62. The number of ether oxygens (including phenoxy) is 2. The Morgan fingerprint density at radius 3 is 2.50 bits per heavy atom. The molecule has 1 aromatic carbocycles. The highest BCUT2D eigenvalue weighted by Crippen LogP contribution is 2.41. The topological polar surface area (TPSA) is 79.3 Å². The summed E-state index contributed by atoms with van der Waals surface area (Å²) in [4.78, 5) is 27.4. The van der Waals surface area contributed by atoms with E-state index in [4.69, 9.17) is 9.47 Å². The molecule has 7 nitrogen and oxygen atoms in total. The van der Waals surface area contributed by atoms with Crippen molar-refractivity contribution < 1.29 is 24.2 Å². The van der Waals surface area contributed by atoms with Crippen LogP contribution in [0.4, 0.5) is 0 Å². The van der Waals surface area contributed by atoms with Crippen LogP contribution in [0.5, 0.6) is 11.5 Å². The van der Waals surface area contributed by atoms with Crippen molar-refractivity contribution in [2.75, 3.05) is 47.9 Å². The summed E-state index contributed by atoms with van der Waals surface area (Å²) in [7, 11) is 6.69. The predicted molar refractivity (Wildman–Crippen MR) is 88.5 cm³/mol. The highest BCUT2D eigenvalue weighted by molar-refractivity contribution is 5.81. The van der Waals surface area contributed by atoms with Gasteiger partial charge in [-0.3, -0.25) is 9.59 Å². The number of aliphatic carboxylic acids is 1. The first-order valence-corrected chi connectivity index (χ1v) is 7.75. The van der Waals surface area contributed by atoms with Gasteiger partial charge in [0, 0.05) is 24.6 Å². The Morgan fingerprint density at radius 1 is 1.25 bits per heavy atom. The molecule has 1 saturated heterocycles. The number of nitrogens with zero attached hydrogens (tertiary/aromatic N) is 2. The highest BCUT2D eigenvalue weighted by atomic mass is 16.5. The number of carboxylic acid groups (broad SMARTS) is 1. The van der Waals surface area contributed by atoms with Gasteiger partial charge in [-0.15, -0.1) is 0 Å². The maximum absolute atomic E-state index is 12.3. The van der Waals surface area contributed by atoms with E-state index >= 15 is 0 Å². The number of likely N-dealkylation sites (N-methyl/N-ethyl adjacent to an activating group) is 1.